The first-order chi connectivity index (χ1) is 21.0. The molecule has 1 saturated carbocycles. The average molecular weight is 621 g/mol. The molecule has 1 aliphatic heterocycles. The number of halogens is 2. The van der Waals surface area contributed by atoms with Gasteiger partial charge >= 0.3 is 0 Å². The molecule has 1 aliphatic carbocycles. The van der Waals surface area contributed by atoms with E-state index in [2.05, 4.69) is 11.1 Å². The number of hydrogen-bond acceptors (Lipinski definition) is 5. The number of carbonyl (C=O) groups is 1. The van der Waals surface area contributed by atoms with Crippen molar-refractivity contribution in [2.75, 3.05) is 11.4 Å². The molecule has 0 N–H and O–H groups in total. The van der Waals surface area contributed by atoms with E-state index >= 15 is 0 Å². The van der Waals surface area contributed by atoms with Gasteiger partial charge in [0.05, 0.1) is 17.1 Å². The van der Waals surface area contributed by atoms with Crippen LogP contribution in [0.1, 0.15) is 61.3 Å². The molecule has 44 heavy (non-hydrogen) atoms. The van der Waals surface area contributed by atoms with Crippen molar-refractivity contribution in [1.82, 2.24) is 13.9 Å². The van der Waals surface area contributed by atoms with Crippen molar-refractivity contribution in [2.45, 2.75) is 68.8 Å². The second kappa shape index (κ2) is 11.9. The number of hydrogen-bond donors (Lipinski definition) is 0. The summed E-state index contributed by atoms with van der Waals surface area (Å²) in [6.07, 6.45) is 9.69. The minimum atomic E-state index is -4.29. The Morgan fingerprint density at radius 3 is 2.45 bits per heavy atom. The van der Waals surface area contributed by atoms with E-state index in [0.717, 1.165) is 23.2 Å². The highest BCUT2D eigenvalue weighted by molar-refractivity contribution is 7.89. The molecule has 1 saturated heterocycles. The van der Waals surface area contributed by atoms with Gasteiger partial charge in [0.15, 0.2) is 11.6 Å². The van der Waals surface area contributed by atoms with E-state index < -0.39 is 38.5 Å². The molecule has 8 nitrogen and oxygen atoms in total. The second-order valence-electron chi connectivity index (χ2n) is 11.8. The molecule has 2 aromatic carbocycles. The van der Waals surface area contributed by atoms with Gasteiger partial charge in [0.25, 0.3) is 5.56 Å². The summed E-state index contributed by atoms with van der Waals surface area (Å²) in [7, 11) is -2.63. The molecular weight excluding hydrogens is 586 g/mol. The number of benzene rings is 2. The van der Waals surface area contributed by atoms with Crippen LogP contribution in [0.4, 0.5) is 14.5 Å². The van der Waals surface area contributed by atoms with Crippen LogP contribution in [0.2, 0.25) is 0 Å². The summed E-state index contributed by atoms with van der Waals surface area (Å²) in [6.45, 7) is 1.43. The Bertz CT molecular complexity index is 1880. The largest absolute Gasteiger partial charge is 0.318 e. The summed E-state index contributed by atoms with van der Waals surface area (Å²) in [5.74, 6) is -2.38. The SMILES string of the molecule is Cc1cc(S(=O)(=O)N2CC[C@@H]2C(=O)N(Cc2ccc(C3CCCCC3)cn2)c2ccc3c(=O)n(C)ccc3c2)cc(F)c1F. The minimum absolute atomic E-state index is 0.0622. The Hall–Kier alpha value is -3.96. The number of fused-ring (bicyclic) bond motifs is 1. The normalized spacial score (nSPS) is 17.9. The molecule has 1 amide bonds. The van der Waals surface area contributed by atoms with Crippen molar-refractivity contribution in [3.8, 4) is 0 Å². The van der Waals surface area contributed by atoms with Gasteiger partial charge in [-0.05, 0) is 91.1 Å². The van der Waals surface area contributed by atoms with Gasteiger partial charge in [0.2, 0.25) is 15.9 Å². The molecule has 4 aromatic rings. The summed E-state index contributed by atoms with van der Waals surface area (Å²) in [5.41, 5.74) is 1.98. The van der Waals surface area contributed by atoms with Gasteiger partial charge in [0.1, 0.15) is 6.04 Å². The Morgan fingerprint density at radius 1 is 1.02 bits per heavy atom. The zero-order chi connectivity index (χ0) is 31.2. The van der Waals surface area contributed by atoms with Gasteiger partial charge in [-0.3, -0.25) is 14.6 Å². The fourth-order valence-corrected chi connectivity index (χ4v) is 7.95. The summed E-state index contributed by atoms with van der Waals surface area (Å²) < 4.78 is 57.6. The molecule has 11 heteroatoms. The lowest BCUT2D eigenvalue weighted by Crippen LogP contribution is -2.59. The van der Waals surface area contributed by atoms with Gasteiger partial charge in [0, 0.05) is 37.1 Å². The van der Waals surface area contributed by atoms with Crippen molar-refractivity contribution in [3.63, 3.8) is 0 Å². The fraction of sp³-hybridized carbons (Fsp3) is 0.364. The van der Waals surface area contributed by atoms with Crippen LogP contribution < -0.4 is 10.5 Å². The van der Waals surface area contributed by atoms with Crippen molar-refractivity contribution < 1.29 is 22.0 Å². The predicted molar refractivity (Wildman–Crippen MR) is 164 cm³/mol. The number of pyridine rings is 2. The monoisotopic (exact) mass is 620 g/mol. The third kappa shape index (κ3) is 5.54. The smallest absolute Gasteiger partial charge is 0.258 e. The van der Waals surface area contributed by atoms with Crippen molar-refractivity contribution >= 4 is 32.4 Å². The van der Waals surface area contributed by atoms with E-state index in [1.54, 1.807) is 37.5 Å². The molecule has 2 fully saturated rings. The Labute approximate surface area is 255 Å². The molecule has 0 radical (unpaired) electrons. The standard InChI is InChI=1S/C33H34F2N4O4S/c1-21-16-27(18-29(34)31(21)35)44(42,43)39-15-13-30(39)33(41)38(26-10-11-28-23(17-26)12-14-37(2)32(28)40)20-25-9-8-24(19-36-25)22-6-4-3-5-7-22/h8-12,14,16-19,22,30H,3-7,13,15,20H2,1-2H3/t30-/m1/s1. The molecule has 6 rings (SSSR count). The number of sulfonamides is 1. The fourth-order valence-electron chi connectivity index (χ4n) is 6.22. The van der Waals surface area contributed by atoms with Crippen LogP contribution in [0, 0.1) is 18.6 Å². The Balaban J connectivity index is 1.34. The molecule has 0 spiro atoms. The van der Waals surface area contributed by atoms with Gasteiger partial charge in [-0.2, -0.15) is 4.31 Å². The molecule has 2 aromatic heterocycles. The maximum Gasteiger partial charge on any atom is 0.258 e. The van der Waals surface area contributed by atoms with Crippen molar-refractivity contribution in [3.05, 3.63) is 99.7 Å². The lowest BCUT2D eigenvalue weighted by atomic mass is 9.85. The summed E-state index contributed by atoms with van der Waals surface area (Å²) in [5, 5.41) is 1.13. The predicted octanol–water partition coefficient (Wildman–Crippen LogP) is 5.56. The van der Waals surface area contributed by atoms with Crippen LogP contribution >= 0.6 is 0 Å². The number of rotatable bonds is 7. The first kappa shape index (κ1) is 30.1. The molecular formula is C33H34F2N4O4S. The molecule has 2 aliphatic rings. The highest BCUT2D eigenvalue weighted by Gasteiger charge is 2.45. The van der Waals surface area contributed by atoms with E-state index in [1.807, 2.05) is 12.3 Å². The van der Waals surface area contributed by atoms with Crippen LogP contribution in [-0.2, 0) is 28.4 Å². The molecule has 0 unspecified atom stereocenters. The molecule has 230 valence electrons. The van der Waals surface area contributed by atoms with Gasteiger partial charge in [-0.1, -0.05) is 25.3 Å². The minimum Gasteiger partial charge on any atom is -0.318 e. The van der Waals surface area contributed by atoms with Crippen LogP contribution in [-0.4, -0.2) is 40.8 Å². The van der Waals surface area contributed by atoms with E-state index in [0.29, 0.717) is 34.1 Å². The number of aryl methyl sites for hydroxylation is 2. The van der Waals surface area contributed by atoms with E-state index in [9.17, 15) is 26.8 Å². The third-order valence-corrected chi connectivity index (χ3v) is 10.8. The summed E-state index contributed by atoms with van der Waals surface area (Å²) in [4.78, 5) is 32.6. The van der Waals surface area contributed by atoms with Crippen molar-refractivity contribution in [2.24, 2.45) is 7.05 Å². The highest BCUT2D eigenvalue weighted by atomic mass is 32.2. The Morgan fingerprint density at radius 2 is 1.80 bits per heavy atom. The van der Waals surface area contributed by atoms with E-state index in [4.69, 9.17) is 0 Å². The number of nitrogens with zero attached hydrogens (tertiary/aromatic N) is 4. The average Bonchev–Trinajstić information content (AvgIpc) is 3.00. The molecule has 0 bridgehead atoms. The maximum atomic E-state index is 14.2. The van der Waals surface area contributed by atoms with Gasteiger partial charge in [-0.15, -0.1) is 0 Å². The van der Waals surface area contributed by atoms with Gasteiger partial charge < -0.3 is 9.47 Å². The maximum absolute atomic E-state index is 14.2. The zero-order valence-electron chi connectivity index (χ0n) is 24.7. The highest BCUT2D eigenvalue weighted by Crippen LogP contribution is 2.34. The zero-order valence-corrected chi connectivity index (χ0v) is 25.5. The topological polar surface area (TPSA) is 92.6 Å². The molecule has 3 heterocycles. The number of anilines is 1. The first-order valence-electron chi connectivity index (χ1n) is 14.9. The first-order valence-corrected chi connectivity index (χ1v) is 16.3. The number of aromatic nitrogens is 2. The quantitative estimate of drug-likeness (QED) is 0.270. The lowest BCUT2D eigenvalue weighted by molar-refractivity contribution is -0.125. The molecule has 1 atom stereocenters. The van der Waals surface area contributed by atoms with Crippen LogP contribution in [0.25, 0.3) is 10.8 Å². The second-order valence-corrected chi connectivity index (χ2v) is 13.7. The van der Waals surface area contributed by atoms with E-state index in [1.165, 1.54) is 41.2 Å². The number of carbonyl (C=O) groups excluding carboxylic acids is 1. The number of amides is 1. The van der Waals surface area contributed by atoms with E-state index in [-0.39, 0.29) is 30.6 Å². The Kier molecular flexibility index (Phi) is 8.10. The van der Waals surface area contributed by atoms with Crippen LogP contribution in [0.5, 0.6) is 0 Å². The van der Waals surface area contributed by atoms with Crippen LogP contribution in [0.3, 0.4) is 0 Å². The van der Waals surface area contributed by atoms with Crippen LogP contribution in [0.15, 0.2) is 70.6 Å². The summed E-state index contributed by atoms with van der Waals surface area (Å²) in [6, 6.07) is 11.5. The lowest BCUT2D eigenvalue weighted by Gasteiger charge is -2.41. The van der Waals surface area contributed by atoms with Gasteiger partial charge in [-0.25, -0.2) is 17.2 Å². The summed E-state index contributed by atoms with van der Waals surface area (Å²) >= 11 is 0. The third-order valence-electron chi connectivity index (χ3n) is 8.93. The van der Waals surface area contributed by atoms with Crippen molar-refractivity contribution in [1.29, 1.82) is 0 Å².